The number of urea groups is 1. The second kappa shape index (κ2) is 9.05. The van der Waals surface area contributed by atoms with Crippen LogP contribution in [0.25, 0.3) is 0 Å². The molecule has 14 heteroatoms. The molecule has 2 aromatic rings. The van der Waals surface area contributed by atoms with Crippen LogP contribution < -0.4 is 9.80 Å². The van der Waals surface area contributed by atoms with Crippen LogP contribution in [0.4, 0.5) is 38.3 Å². The number of anilines is 2. The van der Waals surface area contributed by atoms with Crippen molar-refractivity contribution in [3.8, 4) is 0 Å². The number of aromatic nitrogens is 1. The predicted octanol–water partition coefficient (Wildman–Crippen LogP) is 3.70. The minimum Gasteiger partial charge on any atom is -0.480 e. The molecule has 1 aliphatic rings. The second-order valence-corrected chi connectivity index (χ2v) is 7.77. The minimum atomic E-state index is -4.80. The van der Waals surface area contributed by atoms with E-state index in [1.807, 2.05) is 0 Å². The Balaban J connectivity index is 2.07. The Kier molecular flexibility index (Phi) is 6.69. The van der Waals surface area contributed by atoms with Crippen LogP contribution in [-0.4, -0.2) is 59.1 Å². The van der Waals surface area contributed by atoms with Crippen LogP contribution in [0.2, 0.25) is 5.02 Å². The molecule has 2 heterocycles. The molecule has 1 N–H and O–H groups in total. The number of aliphatic carboxylic acids is 1. The fourth-order valence-corrected chi connectivity index (χ4v) is 3.61. The number of alkyl halides is 3. The molecule has 8 nitrogen and oxygen atoms in total. The summed E-state index contributed by atoms with van der Waals surface area (Å²) < 4.78 is 67.9. The Morgan fingerprint density at radius 2 is 1.91 bits per heavy atom. The molecule has 3 rings (SSSR count). The van der Waals surface area contributed by atoms with Gasteiger partial charge in [-0.05, 0) is 31.2 Å². The summed E-state index contributed by atoms with van der Waals surface area (Å²) in [5, 5.41) is 8.19. The van der Waals surface area contributed by atoms with Crippen molar-refractivity contribution in [3.05, 3.63) is 52.2 Å². The average Bonchev–Trinajstić information content (AvgIpc) is 3.05. The first-order valence-corrected chi connectivity index (χ1v) is 9.87. The largest absolute Gasteiger partial charge is 0.480 e. The van der Waals surface area contributed by atoms with Gasteiger partial charge in [-0.2, -0.15) is 13.2 Å². The first-order chi connectivity index (χ1) is 15.7. The zero-order valence-corrected chi connectivity index (χ0v) is 18.3. The Hall–Kier alpha value is -3.48. The third-order valence-electron chi connectivity index (χ3n) is 5.01. The molecule has 1 atom stereocenters. The number of hydrogen-bond donors (Lipinski definition) is 1. The molecule has 1 aliphatic heterocycles. The van der Waals surface area contributed by atoms with Crippen LogP contribution in [0.3, 0.4) is 0 Å². The van der Waals surface area contributed by atoms with Gasteiger partial charge in [0.25, 0.3) is 5.91 Å². The van der Waals surface area contributed by atoms with Crippen LogP contribution >= 0.6 is 11.6 Å². The lowest BCUT2D eigenvalue weighted by atomic mass is 10.1. The maximum absolute atomic E-state index is 14.5. The molecule has 0 bridgehead atoms. The van der Waals surface area contributed by atoms with Crippen LogP contribution in [-0.2, 0) is 15.8 Å². The molecule has 1 aromatic carbocycles. The molecular formula is C20H16ClF5N4O4. The van der Waals surface area contributed by atoms with E-state index in [9.17, 15) is 36.3 Å². The number of amides is 3. The maximum atomic E-state index is 14.5. The number of hydrogen-bond acceptors (Lipinski definition) is 4. The number of aryl methyl sites for hydroxylation is 1. The molecule has 1 fully saturated rings. The summed E-state index contributed by atoms with van der Waals surface area (Å²) in [4.78, 5) is 43.3. The van der Waals surface area contributed by atoms with Gasteiger partial charge in [-0.3, -0.25) is 14.5 Å². The van der Waals surface area contributed by atoms with Gasteiger partial charge in [-0.25, -0.2) is 18.6 Å². The van der Waals surface area contributed by atoms with Crippen LogP contribution in [0, 0.1) is 18.6 Å². The van der Waals surface area contributed by atoms with Crippen molar-refractivity contribution in [2.45, 2.75) is 19.1 Å². The van der Waals surface area contributed by atoms with Crippen molar-refractivity contribution < 1.29 is 41.4 Å². The molecule has 1 saturated heterocycles. The lowest BCUT2D eigenvalue weighted by Gasteiger charge is -2.27. The highest BCUT2D eigenvalue weighted by Crippen LogP contribution is 2.34. The molecule has 34 heavy (non-hydrogen) atoms. The summed E-state index contributed by atoms with van der Waals surface area (Å²) in [6.07, 6.45) is -4.80. The highest BCUT2D eigenvalue weighted by molar-refractivity contribution is 6.31. The van der Waals surface area contributed by atoms with E-state index in [-0.39, 0.29) is 5.69 Å². The number of nitrogens with zero attached hydrogens (tertiary/aromatic N) is 4. The van der Waals surface area contributed by atoms with Crippen molar-refractivity contribution in [1.82, 2.24) is 9.88 Å². The van der Waals surface area contributed by atoms with Gasteiger partial charge in [-0.15, -0.1) is 0 Å². The third kappa shape index (κ3) is 4.74. The summed E-state index contributed by atoms with van der Waals surface area (Å²) in [6, 6.07) is 0.338. The van der Waals surface area contributed by atoms with Crippen molar-refractivity contribution in [1.29, 1.82) is 0 Å². The Bertz CT molecular complexity index is 1180. The van der Waals surface area contributed by atoms with E-state index in [0.29, 0.717) is 15.9 Å². The number of likely N-dealkylation sites (N-methyl/N-ethyl adjacent to an activating group) is 1. The Labute approximate surface area is 194 Å². The number of carbonyl (C=O) groups is 3. The molecule has 1 aromatic heterocycles. The fraction of sp³-hybridized carbons (Fsp3) is 0.300. The maximum Gasteiger partial charge on any atom is 0.416 e. The standard InChI is InChI=1S/C20H16ClF5N4O4/c1-9-5-10(20(24,25)26)6-14(27-9)30-13(7-29(19(30)34)8-15(31)32)18(33)28(2)12-4-3-11(22)16(21)17(12)23/h3-6,13H,7-8H2,1-2H3,(H,31,32)/t13-/m0/s1. The lowest BCUT2D eigenvalue weighted by molar-refractivity contribution is -0.138. The van der Waals surface area contributed by atoms with Crippen LogP contribution in [0.15, 0.2) is 24.3 Å². The van der Waals surface area contributed by atoms with Crippen LogP contribution in [0.1, 0.15) is 11.3 Å². The number of halogens is 6. The fourth-order valence-electron chi connectivity index (χ4n) is 3.45. The highest BCUT2D eigenvalue weighted by Gasteiger charge is 2.46. The normalized spacial score (nSPS) is 16.2. The molecule has 0 spiro atoms. The molecule has 0 radical (unpaired) electrons. The van der Waals surface area contributed by atoms with Gasteiger partial charge in [0.05, 0.1) is 17.8 Å². The molecule has 3 amide bonds. The molecule has 182 valence electrons. The number of rotatable bonds is 5. The minimum absolute atomic E-state index is 0.120. The summed E-state index contributed by atoms with van der Waals surface area (Å²) in [5.41, 5.74) is -1.73. The van der Waals surface area contributed by atoms with E-state index in [0.717, 1.165) is 30.1 Å². The van der Waals surface area contributed by atoms with E-state index in [1.54, 1.807) is 0 Å². The quantitative estimate of drug-likeness (QED) is 0.493. The predicted molar refractivity (Wildman–Crippen MR) is 110 cm³/mol. The summed E-state index contributed by atoms with van der Waals surface area (Å²) >= 11 is 5.55. The van der Waals surface area contributed by atoms with Gasteiger partial charge < -0.3 is 14.9 Å². The first-order valence-electron chi connectivity index (χ1n) is 9.49. The van der Waals surface area contributed by atoms with E-state index in [1.165, 1.54) is 6.92 Å². The van der Waals surface area contributed by atoms with Gasteiger partial charge in [0.1, 0.15) is 29.2 Å². The third-order valence-corrected chi connectivity index (χ3v) is 5.36. The number of carboxylic acid groups (broad SMARTS) is 1. The van der Waals surface area contributed by atoms with Gasteiger partial charge in [0.15, 0.2) is 5.82 Å². The van der Waals surface area contributed by atoms with Gasteiger partial charge in [-0.1, -0.05) is 11.6 Å². The van der Waals surface area contributed by atoms with Crippen molar-refractivity contribution >= 4 is 41.0 Å². The topological polar surface area (TPSA) is 94.1 Å². The number of benzene rings is 1. The van der Waals surface area contributed by atoms with Crippen LogP contribution in [0.5, 0.6) is 0 Å². The first kappa shape index (κ1) is 25.1. The Morgan fingerprint density at radius 3 is 2.50 bits per heavy atom. The summed E-state index contributed by atoms with van der Waals surface area (Å²) in [7, 11) is 1.09. The summed E-state index contributed by atoms with van der Waals surface area (Å²) in [6.45, 7) is -0.146. The number of carboxylic acids is 1. The molecule has 0 aliphatic carbocycles. The Morgan fingerprint density at radius 1 is 1.26 bits per heavy atom. The SMILES string of the molecule is Cc1cc(C(F)(F)F)cc(N2C(=O)N(CC(=O)O)C[C@H]2C(=O)N(C)c2ccc(F)c(Cl)c2F)n1. The summed E-state index contributed by atoms with van der Waals surface area (Å²) in [5.74, 6) is -5.34. The van der Waals surface area contributed by atoms with Crippen molar-refractivity contribution in [3.63, 3.8) is 0 Å². The number of carbonyl (C=O) groups excluding carboxylic acids is 2. The van der Waals surface area contributed by atoms with E-state index < -0.39 is 76.9 Å². The van der Waals surface area contributed by atoms with Gasteiger partial charge >= 0.3 is 18.2 Å². The van der Waals surface area contributed by atoms with Gasteiger partial charge in [0, 0.05) is 12.7 Å². The van der Waals surface area contributed by atoms with E-state index >= 15 is 0 Å². The number of pyridine rings is 1. The zero-order valence-electron chi connectivity index (χ0n) is 17.5. The highest BCUT2D eigenvalue weighted by atomic mass is 35.5. The lowest BCUT2D eigenvalue weighted by Crippen LogP contribution is -2.47. The van der Waals surface area contributed by atoms with E-state index in [4.69, 9.17) is 16.7 Å². The van der Waals surface area contributed by atoms with Gasteiger partial charge in [0.2, 0.25) is 0 Å². The molecular weight excluding hydrogens is 491 g/mol. The van der Waals surface area contributed by atoms with Crippen molar-refractivity contribution in [2.75, 3.05) is 29.9 Å². The zero-order chi connectivity index (χ0) is 25.5. The van der Waals surface area contributed by atoms with E-state index in [2.05, 4.69) is 4.98 Å². The monoisotopic (exact) mass is 506 g/mol. The molecule has 0 saturated carbocycles. The second-order valence-electron chi connectivity index (χ2n) is 7.39. The molecule has 0 unspecified atom stereocenters. The van der Waals surface area contributed by atoms with Crippen molar-refractivity contribution in [2.24, 2.45) is 0 Å². The average molecular weight is 507 g/mol. The smallest absolute Gasteiger partial charge is 0.416 e.